The number of benzene rings is 2. The minimum atomic E-state index is -3.64. The molecule has 4 heteroatoms. The Kier molecular flexibility index (Phi) is 3.22. The van der Waals surface area contributed by atoms with Crippen molar-refractivity contribution in [2.45, 2.75) is 11.8 Å². The predicted molar refractivity (Wildman–Crippen MR) is 69.7 cm³/mol. The van der Waals surface area contributed by atoms with Crippen molar-refractivity contribution < 1.29 is 8.42 Å². The number of hydrogen-bond acceptors (Lipinski definition) is 2. The van der Waals surface area contributed by atoms with Gasteiger partial charge in [0.2, 0.25) is 0 Å². The average molecular weight is 267 g/mol. The molecule has 0 aliphatic rings. The summed E-state index contributed by atoms with van der Waals surface area (Å²) in [7, 11) is 1.62. The SMILES string of the molecule is Cc1ccccc1-c1ccc(S(=O)(=O)Cl)cc1. The summed E-state index contributed by atoms with van der Waals surface area (Å²) in [5.41, 5.74) is 3.21. The highest BCUT2D eigenvalue weighted by atomic mass is 35.7. The van der Waals surface area contributed by atoms with Gasteiger partial charge < -0.3 is 0 Å². The molecule has 2 aromatic carbocycles. The van der Waals surface area contributed by atoms with E-state index >= 15 is 0 Å². The lowest BCUT2D eigenvalue weighted by Crippen LogP contribution is -1.90. The van der Waals surface area contributed by atoms with Crippen LogP contribution in [-0.2, 0) is 9.05 Å². The van der Waals surface area contributed by atoms with E-state index in [9.17, 15) is 8.42 Å². The summed E-state index contributed by atoms with van der Waals surface area (Å²) in [4.78, 5) is 0.122. The van der Waals surface area contributed by atoms with Crippen LogP contribution in [0.25, 0.3) is 11.1 Å². The van der Waals surface area contributed by atoms with E-state index in [0.717, 1.165) is 16.7 Å². The maximum Gasteiger partial charge on any atom is 0.261 e. The van der Waals surface area contributed by atoms with E-state index in [1.165, 1.54) is 12.1 Å². The van der Waals surface area contributed by atoms with Gasteiger partial charge in [0.1, 0.15) is 0 Å². The van der Waals surface area contributed by atoms with Crippen molar-refractivity contribution in [3.63, 3.8) is 0 Å². The van der Waals surface area contributed by atoms with Gasteiger partial charge >= 0.3 is 0 Å². The summed E-state index contributed by atoms with van der Waals surface area (Å²) in [5.74, 6) is 0. The zero-order valence-corrected chi connectivity index (χ0v) is 10.8. The zero-order chi connectivity index (χ0) is 12.5. The number of halogens is 1. The summed E-state index contributed by atoms with van der Waals surface area (Å²) >= 11 is 0. The van der Waals surface area contributed by atoms with Crippen molar-refractivity contribution in [2.75, 3.05) is 0 Å². The first-order valence-corrected chi connectivity index (χ1v) is 7.40. The van der Waals surface area contributed by atoms with E-state index in [1.54, 1.807) is 12.1 Å². The van der Waals surface area contributed by atoms with Crippen LogP contribution in [0.3, 0.4) is 0 Å². The fraction of sp³-hybridized carbons (Fsp3) is 0.0769. The lowest BCUT2D eigenvalue weighted by Gasteiger charge is -2.05. The highest BCUT2D eigenvalue weighted by molar-refractivity contribution is 8.13. The smallest absolute Gasteiger partial charge is 0.207 e. The zero-order valence-electron chi connectivity index (χ0n) is 9.22. The van der Waals surface area contributed by atoms with Crippen LogP contribution in [0.4, 0.5) is 0 Å². The van der Waals surface area contributed by atoms with E-state index in [2.05, 4.69) is 0 Å². The van der Waals surface area contributed by atoms with Crippen LogP contribution in [0.5, 0.6) is 0 Å². The number of rotatable bonds is 2. The molecular weight excluding hydrogens is 256 g/mol. The van der Waals surface area contributed by atoms with Gasteiger partial charge in [-0.2, -0.15) is 0 Å². The van der Waals surface area contributed by atoms with Crippen LogP contribution in [0.2, 0.25) is 0 Å². The fourth-order valence-corrected chi connectivity index (χ4v) is 2.46. The fourth-order valence-electron chi connectivity index (χ4n) is 1.69. The normalized spacial score (nSPS) is 11.4. The van der Waals surface area contributed by atoms with Gasteiger partial charge in [-0.3, -0.25) is 0 Å². The van der Waals surface area contributed by atoms with Crippen molar-refractivity contribution in [2.24, 2.45) is 0 Å². The highest BCUT2D eigenvalue weighted by Crippen LogP contribution is 2.25. The lowest BCUT2D eigenvalue weighted by molar-refractivity contribution is 0.609. The quantitative estimate of drug-likeness (QED) is 0.779. The first kappa shape index (κ1) is 12.1. The van der Waals surface area contributed by atoms with Crippen LogP contribution in [-0.4, -0.2) is 8.42 Å². The van der Waals surface area contributed by atoms with Crippen LogP contribution < -0.4 is 0 Å². The van der Waals surface area contributed by atoms with Gasteiger partial charge in [0, 0.05) is 10.7 Å². The third-order valence-electron chi connectivity index (χ3n) is 2.59. The monoisotopic (exact) mass is 266 g/mol. The molecule has 17 heavy (non-hydrogen) atoms. The van der Waals surface area contributed by atoms with E-state index in [0.29, 0.717) is 0 Å². The van der Waals surface area contributed by atoms with Gasteiger partial charge in [-0.05, 0) is 35.7 Å². The van der Waals surface area contributed by atoms with Gasteiger partial charge in [-0.25, -0.2) is 8.42 Å². The van der Waals surface area contributed by atoms with Gasteiger partial charge in [0.25, 0.3) is 9.05 Å². The van der Waals surface area contributed by atoms with Gasteiger partial charge in [0.15, 0.2) is 0 Å². The summed E-state index contributed by atoms with van der Waals surface area (Å²) in [6.07, 6.45) is 0. The van der Waals surface area contributed by atoms with E-state index in [1.807, 2.05) is 31.2 Å². The molecule has 0 amide bonds. The molecule has 0 saturated heterocycles. The van der Waals surface area contributed by atoms with Crippen molar-refractivity contribution in [3.05, 3.63) is 54.1 Å². The van der Waals surface area contributed by atoms with Crippen molar-refractivity contribution in [1.82, 2.24) is 0 Å². The second-order valence-corrected chi connectivity index (χ2v) is 6.34. The van der Waals surface area contributed by atoms with Crippen molar-refractivity contribution in [3.8, 4) is 11.1 Å². The second kappa shape index (κ2) is 4.51. The molecule has 0 aliphatic carbocycles. The molecule has 0 radical (unpaired) electrons. The Labute approximate surface area is 105 Å². The molecule has 2 nitrogen and oxygen atoms in total. The Morgan fingerprint density at radius 2 is 1.53 bits per heavy atom. The Hall–Kier alpha value is -1.32. The molecule has 0 atom stereocenters. The molecule has 0 N–H and O–H groups in total. The van der Waals surface area contributed by atoms with Crippen LogP contribution in [0.1, 0.15) is 5.56 Å². The second-order valence-electron chi connectivity index (χ2n) is 3.78. The van der Waals surface area contributed by atoms with E-state index in [-0.39, 0.29) is 4.90 Å². The third-order valence-corrected chi connectivity index (χ3v) is 3.96. The topological polar surface area (TPSA) is 34.1 Å². The van der Waals surface area contributed by atoms with Gasteiger partial charge in [0.05, 0.1) is 4.90 Å². The average Bonchev–Trinajstić information content (AvgIpc) is 2.29. The van der Waals surface area contributed by atoms with Gasteiger partial charge in [-0.1, -0.05) is 36.4 Å². The first-order valence-electron chi connectivity index (χ1n) is 5.09. The third kappa shape index (κ3) is 2.68. The maximum absolute atomic E-state index is 11.1. The number of aryl methyl sites for hydroxylation is 1. The minimum Gasteiger partial charge on any atom is -0.207 e. The van der Waals surface area contributed by atoms with Gasteiger partial charge in [-0.15, -0.1) is 0 Å². The first-order chi connectivity index (χ1) is 7.98. The molecule has 0 bridgehead atoms. The largest absolute Gasteiger partial charge is 0.261 e. The Bertz CT molecular complexity index is 631. The summed E-state index contributed by atoms with van der Waals surface area (Å²) in [6, 6.07) is 14.5. The molecule has 0 aromatic heterocycles. The summed E-state index contributed by atoms with van der Waals surface area (Å²) in [5, 5.41) is 0. The maximum atomic E-state index is 11.1. The molecule has 0 heterocycles. The van der Waals surface area contributed by atoms with Crippen LogP contribution in [0, 0.1) is 6.92 Å². The molecule has 0 saturated carbocycles. The van der Waals surface area contributed by atoms with E-state index in [4.69, 9.17) is 10.7 Å². The summed E-state index contributed by atoms with van der Waals surface area (Å²) < 4.78 is 22.2. The molecule has 0 unspecified atom stereocenters. The lowest BCUT2D eigenvalue weighted by atomic mass is 10.0. The van der Waals surface area contributed by atoms with Crippen LogP contribution >= 0.6 is 10.7 Å². The van der Waals surface area contributed by atoms with Crippen molar-refractivity contribution >= 4 is 19.7 Å². The molecule has 0 fully saturated rings. The Morgan fingerprint density at radius 1 is 0.941 bits per heavy atom. The minimum absolute atomic E-state index is 0.122. The molecule has 0 aliphatic heterocycles. The molecule has 0 spiro atoms. The molecule has 2 rings (SSSR count). The van der Waals surface area contributed by atoms with Crippen molar-refractivity contribution in [1.29, 1.82) is 0 Å². The standard InChI is InChI=1S/C13H11ClO2S/c1-10-4-2-3-5-13(10)11-6-8-12(9-7-11)17(14,15)16/h2-9H,1H3. The molecular formula is C13H11ClO2S. The Morgan fingerprint density at radius 3 is 2.06 bits per heavy atom. The predicted octanol–water partition coefficient (Wildman–Crippen LogP) is 3.59. The number of hydrogen-bond donors (Lipinski definition) is 0. The molecule has 88 valence electrons. The van der Waals surface area contributed by atoms with Crippen LogP contribution in [0.15, 0.2) is 53.4 Å². The highest BCUT2D eigenvalue weighted by Gasteiger charge is 2.09. The summed E-state index contributed by atoms with van der Waals surface area (Å²) in [6.45, 7) is 2.02. The van der Waals surface area contributed by atoms with E-state index < -0.39 is 9.05 Å². The Balaban J connectivity index is 2.47. The molecule has 2 aromatic rings.